The van der Waals surface area contributed by atoms with Crippen LogP contribution < -0.4 is 5.63 Å². The van der Waals surface area contributed by atoms with Crippen LogP contribution in [0.2, 0.25) is 0 Å². The minimum Gasteiger partial charge on any atom is -0.528 e. The minimum absolute atomic E-state index is 0. The van der Waals surface area contributed by atoms with Gasteiger partial charge in [-0.25, -0.2) is 4.79 Å². The van der Waals surface area contributed by atoms with Crippen molar-refractivity contribution < 1.29 is 45.6 Å². The van der Waals surface area contributed by atoms with Crippen LogP contribution in [0.25, 0.3) is 10.8 Å². The number of aliphatic hydroxyl groups is 1. The van der Waals surface area contributed by atoms with E-state index in [0.29, 0.717) is 5.39 Å². The molecule has 17 heavy (non-hydrogen) atoms. The van der Waals surface area contributed by atoms with Gasteiger partial charge in [0.1, 0.15) is 6.10 Å². The molecule has 1 aromatic heterocycles. The molecule has 0 amide bonds. The summed E-state index contributed by atoms with van der Waals surface area (Å²) < 4.78 is 4.66. The van der Waals surface area contributed by atoms with Crippen LogP contribution in [0, 0.1) is 0 Å². The van der Waals surface area contributed by atoms with Gasteiger partial charge in [-0.1, -0.05) is 17.5 Å². The maximum Gasteiger partial charge on any atom is 0.332 e. The number of carboxylic acids is 1. The van der Waals surface area contributed by atoms with E-state index < -0.39 is 12.1 Å². The van der Waals surface area contributed by atoms with Crippen LogP contribution in [0.4, 0.5) is 0 Å². The van der Waals surface area contributed by atoms with Gasteiger partial charge in [-0.15, -0.1) is 17.5 Å². The molecule has 0 bridgehead atoms. The van der Waals surface area contributed by atoms with Gasteiger partial charge in [0.05, 0.1) is 0 Å². The average molecular weight is 314 g/mol. The molecular weight excluding hydrogens is 303 g/mol. The molecule has 0 aliphatic rings. The normalized spacial score (nSPS) is 10.9. The number of carboxylic acid groups (broad SMARTS) is 1. The van der Waals surface area contributed by atoms with Gasteiger partial charge >= 0.3 is 5.97 Å². The minimum atomic E-state index is -1.23. The van der Waals surface area contributed by atoms with Crippen molar-refractivity contribution in [3.8, 4) is 0 Å². The zero-order chi connectivity index (χ0) is 12.1. The number of aliphatic carboxylic acids is 1. The first-order valence-electron chi connectivity index (χ1n) is 4.56. The van der Waals surface area contributed by atoms with Gasteiger partial charge in [0.25, 0.3) is 0 Å². The topological polar surface area (TPSA) is 87.7 Å². The second kappa shape index (κ2) is 7.25. The number of aliphatic hydroxyl groups excluding tert-OH is 1. The Morgan fingerprint density at radius 3 is 2.41 bits per heavy atom. The van der Waals surface area contributed by atoms with Gasteiger partial charge in [0.2, 0.25) is 5.63 Å². The van der Waals surface area contributed by atoms with Gasteiger partial charge in [0, 0.05) is 32.5 Å². The van der Waals surface area contributed by atoms with Crippen LogP contribution in [0.1, 0.15) is 6.92 Å². The van der Waals surface area contributed by atoms with Crippen LogP contribution >= 0.6 is 0 Å². The SMILES string of the molecule is CC(O)C(=O)O.O=c1o[cH-]c2ccccc12.[Zr]. The van der Waals surface area contributed by atoms with E-state index in [9.17, 15) is 9.59 Å². The molecule has 5 nitrogen and oxygen atoms in total. The number of rotatable bonds is 1. The Hall–Kier alpha value is -1.13. The summed E-state index contributed by atoms with van der Waals surface area (Å²) in [5.74, 6) is -1.19. The zero-order valence-electron chi connectivity index (χ0n) is 9.08. The molecule has 2 aromatic rings. The van der Waals surface area contributed by atoms with Crippen molar-refractivity contribution in [2.24, 2.45) is 0 Å². The monoisotopic (exact) mass is 313 g/mol. The summed E-state index contributed by atoms with van der Waals surface area (Å²) in [6.45, 7) is 1.20. The van der Waals surface area contributed by atoms with E-state index in [4.69, 9.17) is 10.2 Å². The summed E-state index contributed by atoms with van der Waals surface area (Å²) in [7, 11) is 0. The first-order valence-corrected chi connectivity index (χ1v) is 4.56. The fourth-order valence-corrected chi connectivity index (χ4v) is 0.966. The Kier molecular flexibility index (Phi) is 6.77. The third-order valence-corrected chi connectivity index (χ3v) is 1.83. The summed E-state index contributed by atoms with van der Waals surface area (Å²) in [5, 5.41) is 17.3. The summed E-state index contributed by atoms with van der Waals surface area (Å²) in [4.78, 5) is 20.3. The molecule has 6 heteroatoms. The van der Waals surface area contributed by atoms with E-state index in [-0.39, 0.29) is 31.8 Å². The second-order valence-electron chi connectivity index (χ2n) is 3.12. The molecule has 0 aliphatic carbocycles. The molecule has 2 rings (SSSR count). The first kappa shape index (κ1) is 15.9. The molecule has 1 heterocycles. The number of furan rings is 1. The smallest absolute Gasteiger partial charge is 0.332 e. The van der Waals surface area contributed by atoms with Gasteiger partial charge < -0.3 is 19.4 Å². The molecule has 0 spiro atoms. The van der Waals surface area contributed by atoms with Crippen molar-refractivity contribution in [1.29, 1.82) is 0 Å². The quantitative estimate of drug-likeness (QED) is 0.766. The first-order chi connectivity index (χ1) is 7.52. The van der Waals surface area contributed by atoms with E-state index >= 15 is 0 Å². The number of benzene rings is 1. The summed E-state index contributed by atoms with van der Waals surface area (Å²) in [6, 6.07) is 7.29. The summed E-state index contributed by atoms with van der Waals surface area (Å²) in [5.41, 5.74) is -0.254. The summed E-state index contributed by atoms with van der Waals surface area (Å²) >= 11 is 0. The van der Waals surface area contributed by atoms with Crippen LogP contribution in [0.15, 0.2) is 39.7 Å². The molecule has 0 saturated carbocycles. The second-order valence-corrected chi connectivity index (χ2v) is 3.12. The number of hydrogen-bond acceptors (Lipinski definition) is 4. The fraction of sp³-hybridized carbons (Fsp3) is 0.182. The number of hydrogen-bond donors (Lipinski definition) is 2. The van der Waals surface area contributed by atoms with E-state index in [0.717, 1.165) is 5.39 Å². The van der Waals surface area contributed by atoms with Gasteiger partial charge in [-0.05, 0) is 6.92 Å². The zero-order valence-corrected chi connectivity index (χ0v) is 11.5. The average Bonchev–Trinajstić information content (AvgIpc) is 2.62. The predicted octanol–water partition coefficient (Wildman–Crippen LogP) is 0.961. The Balaban J connectivity index is 0.000000324. The molecule has 90 valence electrons. The molecule has 0 fully saturated rings. The molecule has 0 aliphatic heterocycles. The van der Waals surface area contributed by atoms with Crippen molar-refractivity contribution in [3.63, 3.8) is 0 Å². The Labute approximate surface area is 116 Å². The third kappa shape index (κ3) is 4.71. The van der Waals surface area contributed by atoms with Crippen molar-refractivity contribution in [2.45, 2.75) is 13.0 Å². The predicted molar refractivity (Wildman–Crippen MR) is 57.4 cm³/mol. The Morgan fingerprint density at radius 1 is 1.41 bits per heavy atom. The Bertz CT molecular complexity index is 526. The van der Waals surface area contributed by atoms with Crippen molar-refractivity contribution in [2.75, 3.05) is 0 Å². The maximum absolute atomic E-state index is 10.8. The van der Waals surface area contributed by atoms with E-state index in [1.165, 1.54) is 13.2 Å². The molecule has 1 aromatic carbocycles. The van der Waals surface area contributed by atoms with Gasteiger partial charge in [-0.2, -0.15) is 0 Å². The molecule has 0 radical (unpaired) electrons. The molecule has 0 saturated heterocycles. The maximum atomic E-state index is 10.8. The van der Waals surface area contributed by atoms with E-state index in [1.54, 1.807) is 6.07 Å². The summed E-state index contributed by atoms with van der Waals surface area (Å²) in [6.07, 6.45) is 0.238. The number of fused-ring (bicyclic) bond motifs is 1. The third-order valence-electron chi connectivity index (χ3n) is 1.83. The largest absolute Gasteiger partial charge is 0.528 e. The van der Waals surface area contributed by atoms with Crippen LogP contribution in [0.5, 0.6) is 0 Å². The van der Waals surface area contributed by atoms with E-state index in [1.807, 2.05) is 18.2 Å². The van der Waals surface area contributed by atoms with Crippen molar-refractivity contribution in [3.05, 3.63) is 40.9 Å². The van der Waals surface area contributed by atoms with Crippen molar-refractivity contribution >= 4 is 16.7 Å². The van der Waals surface area contributed by atoms with Crippen molar-refractivity contribution in [1.82, 2.24) is 0 Å². The fourth-order valence-electron chi connectivity index (χ4n) is 0.966. The molecule has 2 N–H and O–H groups in total. The standard InChI is InChI=1S/C8H5O2.C3H6O3.Zr/c9-8-7-4-2-1-3-6(7)5-10-8;1-2(4)3(5)6;/h1-5H;2,4H,1H3,(H,5,6);/q-1;;. The number of carbonyl (C=O) groups is 1. The van der Waals surface area contributed by atoms with Crippen LogP contribution in [-0.2, 0) is 31.0 Å². The molecular formula is C11H11O5Zr-. The molecule has 1 unspecified atom stereocenters. The van der Waals surface area contributed by atoms with Gasteiger partial charge in [0.15, 0.2) is 0 Å². The Morgan fingerprint density at radius 2 is 1.94 bits per heavy atom. The molecule has 1 atom stereocenters. The van der Waals surface area contributed by atoms with Crippen LogP contribution in [0.3, 0.4) is 0 Å². The van der Waals surface area contributed by atoms with Gasteiger partial charge in [-0.3, -0.25) is 0 Å². The van der Waals surface area contributed by atoms with E-state index in [2.05, 4.69) is 4.42 Å². The van der Waals surface area contributed by atoms with Crippen LogP contribution in [-0.4, -0.2) is 22.3 Å².